The Hall–Kier alpha value is -7.39. The van der Waals surface area contributed by atoms with Crippen LogP contribution in [0, 0.1) is 11.3 Å². The molecule has 58 heavy (non-hydrogen) atoms. The van der Waals surface area contributed by atoms with Crippen molar-refractivity contribution >= 4 is 11.8 Å². The molecule has 8 aromatic carbocycles. The summed E-state index contributed by atoms with van der Waals surface area (Å²) in [4.78, 5) is 17.4. The number of benzene rings is 8. The Kier molecular flexibility index (Phi) is 7.99. The van der Waals surface area contributed by atoms with Crippen LogP contribution in [0.5, 0.6) is 0 Å². The summed E-state index contributed by atoms with van der Waals surface area (Å²) in [6, 6.07) is 70.6. The van der Waals surface area contributed by atoms with Gasteiger partial charge in [0.2, 0.25) is 0 Å². The summed E-state index contributed by atoms with van der Waals surface area (Å²) < 4.78 is 0. The van der Waals surface area contributed by atoms with E-state index in [0.717, 1.165) is 38.9 Å². The van der Waals surface area contributed by atoms with E-state index in [9.17, 15) is 5.26 Å². The van der Waals surface area contributed by atoms with Crippen molar-refractivity contribution in [2.24, 2.45) is 0 Å². The molecule has 0 saturated carbocycles. The van der Waals surface area contributed by atoms with Gasteiger partial charge in [0.15, 0.2) is 17.5 Å². The fourth-order valence-electron chi connectivity index (χ4n) is 8.75. The normalized spacial score (nSPS) is 12.9. The number of hydrogen-bond donors (Lipinski definition) is 0. The van der Waals surface area contributed by atoms with Crippen LogP contribution in [0.15, 0.2) is 204 Å². The maximum absolute atomic E-state index is 9.48. The van der Waals surface area contributed by atoms with E-state index in [4.69, 9.17) is 15.0 Å². The Balaban J connectivity index is 1.06. The third kappa shape index (κ3) is 5.42. The topological polar surface area (TPSA) is 62.5 Å². The summed E-state index contributed by atoms with van der Waals surface area (Å²) in [7, 11) is 0. The maximum Gasteiger partial charge on any atom is 0.164 e. The standard InChI is InChI=1S/C53H32N4S/c54-33-34-19-21-35(22-20-34)40-27-29-44-42(31-40)43-32-41(28-30-45(43)53(44)46-15-7-9-17-48(46)58-49-18-10-8-16-47(49)53)36-23-25-39(26-24-36)52-56-50(37-11-3-1-4-12-37)55-51(57-52)38-13-5-2-6-14-38/h1-32H. The summed E-state index contributed by atoms with van der Waals surface area (Å²) in [5.41, 5.74) is 15.1. The van der Waals surface area contributed by atoms with Crippen LogP contribution in [-0.4, -0.2) is 15.0 Å². The van der Waals surface area contributed by atoms with Gasteiger partial charge in [0.1, 0.15) is 0 Å². The van der Waals surface area contributed by atoms with Crippen molar-refractivity contribution in [3.8, 4) is 73.6 Å². The minimum Gasteiger partial charge on any atom is -0.208 e. The Morgan fingerprint density at radius 2 is 0.741 bits per heavy atom. The lowest BCUT2D eigenvalue weighted by Crippen LogP contribution is -2.31. The van der Waals surface area contributed by atoms with Gasteiger partial charge < -0.3 is 0 Å². The first-order valence-corrected chi connectivity index (χ1v) is 20.1. The average Bonchev–Trinajstić information content (AvgIpc) is 3.59. The van der Waals surface area contributed by atoms with E-state index in [1.54, 1.807) is 0 Å². The van der Waals surface area contributed by atoms with Crippen LogP contribution in [0.3, 0.4) is 0 Å². The highest BCUT2D eigenvalue weighted by Gasteiger charge is 2.50. The van der Waals surface area contributed by atoms with Gasteiger partial charge in [-0.05, 0) is 92.0 Å². The second-order valence-corrected chi connectivity index (χ2v) is 15.8. The third-order valence-corrected chi connectivity index (χ3v) is 12.6. The molecule has 0 bridgehead atoms. The van der Waals surface area contributed by atoms with E-state index in [1.165, 1.54) is 43.2 Å². The van der Waals surface area contributed by atoms with Gasteiger partial charge in [-0.25, -0.2) is 15.0 Å². The van der Waals surface area contributed by atoms with Gasteiger partial charge in [0.05, 0.1) is 17.0 Å². The van der Waals surface area contributed by atoms with E-state index in [-0.39, 0.29) is 0 Å². The molecular weight excluding hydrogens is 725 g/mol. The second-order valence-electron chi connectivity index (χ2n) is 14.7. The molecule has 1 spiro atoms. The van der Waals surface area contributed by atoms with Crippen LogP contribution in [0.1, 0.15) is 27.8 Å². The Labute approximate surface area is 341 Å². The molecule has 0 radical (unpaired) electrons. The second kappa shape index (κ2) is 13.7. The van der Waals surface area contributed by atoms with Gasteiger partial charge in [-0.3, -0.25) is 0 Å². The Morgan fingerprint density at radius 3 is 1.21 bits per heavy atom. The molecule has 1 aliphatic carbocycles. The maximum atomic E-state index is 9.48. The molecule has 0 saturated heterocycles. The lowest BCUT2D eigenvalue weighted by Gasteiger charge is -2.39. The first-order valence-electron chi connectivity index (χ1n) is 19.3. The molecule has 270 valence electrons. The molecule has 0 N–H and O–H groups in total. The first kappa shape index (κ1) is 33.9. The number of rotatable bonds is 5. The average molecular weight is 757 g/mol. The number of aromatic nitrogens is 3. The fourth-order valence-corrected chi connectivity index (χ4v) is 9.95. The molecule has 0 unspecified atom stereocenters. The SMILES string of the molecule is N#Cc1ccc(-c2ccc3c(c2)-c2cc(-c4ccc(-c5nc(-c6ccccc6)nc(-c6ccccc6)n5)cc4)ccc2C32c3ccccc3Sc3ccccc32)cc1. The van der Waals surface area contributed by atoms with E-state index in [0.29, 0.717) is 23.0 Å². The molecule has 9 aromatic rings. The summed E-state index contributed by atoms with van der Waals surface area (Å²) in [5, 5.41) is 9.48. The van der Waals surface area contributed by atoms with Gasteiger partial charge in [-0.1, -0.05) is 169 Å². The van der Waals surface area contributed by atoms with E-state index >= 15 is 0 Å². The third-order valence-electron chi connectivity index (χ3n) is 11.5. The largest absolute Gasteiger partial charge is 0.208 e. The van der Waals surface area contributed by atoms with Crippen molar-refractivity contribution in [2.45, 2.75) is 15.2 Å². The minimum atomic E-state index is -0.472. The molecule has 1 aliphatic heterocycles. The zero-order chi connectivity index (χ0) is 38.6. The highest BCUT2D eigenvalue weighted by molar-refractivity contribution is 7.99. The molecule has 11 rings (SSSR count). The summed E-state index contributed by atoms with van der Waals surface area (Å²) in [6.45, 7) is 0. The van der Waals surface area contributed by atoms with Gasteiger partial charge in [-0.15, -0.1) is 0 Å². The molecule has 5 heteroatoms. The van der Waals surface area contributed by atoms with Crippen LogP contribution in [0.2, 0.25) is 0 Å². The lowest BCUT2D eigenvalue weighted by atomic mass is 9.67. The number of hydrogen-bond acceptors (Lipinski definition) is 5. The fraction of sp³-hybridized carbons (Fsp3) is 0.0189. The molecular formula is C53H32N4S. The van der Waals surface area contributed by atoms with Crippen molar-refractivity contribution in [3.05, 3.63) is 222 Å². The first-order chi connectivity index (χ1) is 28.7. The van der Waals surface area contributed by atoms with Crippen LogP contribution in [0.25, 0.3) is 67.5 Å². The molecule has 0 atom stereocenters. The molecule has 2 heterocycles. The summed E-state index contributed by atoms with van der Waals surface area (Å²) in [5.74, 6) is 1.92. The van der Waals surface area contributed by atoms with Gasteiger partial charge in [0.25, 0.3) is 0 Å². The summed E-state index contributed by atoms with van der Waals surface area (Å²) >= 11 is 1.85. The molecule has 1 aromatic heterocycles. The molecule has 0 amide bonds. The highest BCUT2D eigenvalue weighted by atomic mass is 32.2. The quantitative estimate of drug-likeness (QED) is 0.175. The smallest absolute Gasteiger partial charge is 0.164 e. The Bertz CT molecular complexity index is 2980. The monoisotopic (exact) mass is 756 g/mol. The van der Waals surface area contributed by atoms with Gasteiger partial charge in [-0.2, -0.15) is 5.26 Å². The lowest BCUT2D eigenvalue weighted by molar-refractivity contribution is 0.722. The van der Waals surface area contributed by atoms with Crippen LogP contribution in [0.4, 0.5) is 0 Å². The van der Waals surface area contributed by atoms with Crippen LogP contribution >= 0.6 is 11.8 Å². The van der Waals surface area contributed by atoms with E-state index in [2.05, 4.69) is 115 Å². The van der Waals surface area contributed by atoms with Crippen molar-refractivity contribution in [1.29, 1.82) is 5.26 Å². The summed E-state index contributed by atoms with van der Waals surface area (Å²) in [6.07, 6.45) is 0. The molecule has 0 fully saturated rings. The predicted octanol–water partition coefficient (Wildman–Crippen LogP) is 12.9. The number of nitriles is 1. The van der Waals surface area contributed by atoms with Crippen molar-refractivity contribution in [3.63, 3.8) is 0 Å². The zero-order valence-electron chi connectivity index (χ0n) is 31.2. The predicted molar refractivity (Wildman–Crippen MR) is 233 cm³/mol. The van der Waals surface area contributed by atoms with E-state index in [1.807, 2.05) is 96.7 Å². The van der Waals surface area contributed by atoms with Crippen LogP contribution < -0.4 is 0 Å². The van der Waals surface area contributed by atoms with Crippen molar-refractivity contribution < 1.29 is 0 Å². The highest BCUT2D eigenvalue weighted by Crippen LogP contribution is 2.62. The number of nitrogens with zero attached hydrogens (tertiary/aromatic N) is 4. The Morgan fingerprint density at radius 1 is 0.362 bits per heavy atom. The van der Waals surface area contributed by atoms with Crippen molar-refractivity contribution in [1.82, 2.24) is 15.0 Å². The number of fused-ring (bicyclic) bond motifs is 9. The van der Waals surface area contributed by atoms with Gasteiger partial charge in [0, 0.05) is 26.5 Å². The molecule has 2 aliphatic rings. The molecule has 4 nitrogen and oxygen atoms in total. The zero-order valence-corrected chi connectivity index (χ0v) is 32.0. The van der Waals surface area contributed by atoms with Crippen LogP contribution in [-0.2, 0) is 5.41 Å². The van der Waals surface area contributed by atoms with Crippen molar-refractivity contribution in [2.75, 3.05) is 0 Å². The van der Waals surface area contributed by atoms with Gasteiger partial charge >= 0.3 is 0 Å². The van der Waals surface area contributed by atoms with E-state index < -0.39 is 5.41 Å². The minimum absolute atomic E-state index is 0.472.